The van der Waals surface area contributed by atoms with E-state index in [1.807, 2.05) is 27.8 Å². The molecule has 2 aromatic carbocycles. The van der Waals surface area contributed by atoms with E-state index in [0.29, 0.717) is 18.8 Å². The van der Waals surface area contributed by atoms with Crippen LogP contribution in [0.5, 0.6) is 5.75 Å². The standard InChI is InChI=1S/C20H20N4O5S2/c1-12(25)23-31(27,28)16-6-3-14(4-7-16)21-19(26)13-10-24(11-13)20-22-17-9-15(29-2)5-8-18(17)30-20/h3-9,13H,10-11H2,1-2H3,(H,21,26)(H,23,25). The normalized spacial score (nSPS) is 14.2. The predicted octanol–water partition coefficient (Wildman–Crippen LogP) is 2.20. The summed E-state index contributed by atoms with van der Waals surface area (Å²) >= 11 is 1.57. The van der Waals surface area contributed by atoms with Gasteiger partial charge in [-0.2, -0.15) is 0 Å². The van der Waals surface area contributed by atoms with E-state index in [0.717, 1.165) is 28.0 Å². The highest BCUT2D eigenvalue weighted by Crippen LogP contribution is 2.34. The first-order valence-electron chi connectivity index (χ1n) is 9.39. The van der Waals surface area contributed by atoms with Crippen LogP contribution in [0.2, 0.25) is 0 Å². The molecular weight excluding hydrogens is 440 g/mol. The fourth-order valence-corrected chi connectivity index (χ4v) is 5.12. The first-order chi connectivity index (χ1) is 14.7. The number of ether oxygens (including phenoxy) is 1. The van der Waals surface area contributed by atoms with E-state index in [9.17, 15) is 18.0 Å². The van der Waals surface area contributed by atoms with Crippen molar-refractivity contribution >= 4 is 54.2 Å². The number of carbonyl (C=O) groups is 2. The van der Waals surface area contributed by atoms with Crippen LogP contribution in [0.15, 0.2) is 47.4 Å². The SMILES string of the molecule is COc1ccc2sc(N3CC(C(=O)Nc4ccc(S(=O)(=O)NC(C)=O)cc4)C3)nc2c1. The molecule has 0 spiro atoms. The molecule has 4 rings (SSSR count). The molecule has 0 radical (unpaired) electrons. The molecule has 11 heteroatoms. The molecule has 1 aliphatic rings. The summed E-state index contributed by atoms with van der Waals surface area (Å²) in [4.78, 5) is 30.1. The van der Waals surface area contributed by atoms with Crippen molar-refractivity contribution in [1.29, 1.82) is 0 Å². The van der Waals surface area contributed by atoms with Crippen molar-refractivity contribution in [2.75, 3.05) is 30.4 Å². The van der Waals surface area contributed by atoms with Gasteiger partial charge in [-0.15, -0.1) is 0 Å². The number of hydrogen-bond acceptors (Lipinski definition) is 8. The van der Waals surface area contributed by atoms with Gasteiger partial charge >= 0.3 is 0 Å². The fraction of sp³-hybridized carbons (Fsp3) is 0.250. The molecule has 31 heavy (non-hydrogen) atoms. The van der Waals surface area contributed by atoms with Crippen LogP contribution < -0.4 is 19.7 Å². The van der Waals surface area contributed by atoms with Gasteiger partial charge in [-0.25, -0.2) is 18.1 Å². The van der Waals surface area contributed by atoms with Gasteiger partial charge in [0.1, 0.15) is 5.75 Å². The Morgan fingerprint density at radius 3 is 2.52 bits per heavy atom. The summed E-state index contributed by atoms with van der Waals surface area (Å²) in [6, 6.07) is 11.4. The van der Waals surface area contributed by atoms with Gasteiger partial charge in [0.15, 0.2) is 5.13 Å². The Kier molecular flexibility index (Phi) is 5.54. The van der Waals surface area contributed by atoms with Gasteiger partial charge in [-0.1, -0.05) is 11.3 Å². The number of hydrogen-bond donors (Lipinski definition) is 2. The van der Waals surface area contributed by atoms with E-state index in [4.69, 9.17) is 4.74 Å². The Balaban J connectivity index is 1.35. The topological polar surface area (TPSA) is 118 Å². The number of aromatic nitrogens is 1. The molecule has 0 bridgehead atoms. The Morgan fingerprint density at radius 2 is 1.87 bits per heavy atom. The first-order valence-corrected chi connectivity index (χ1v) is 11.7. The number of rotatable bonds is 6. The van der Waals surface area contributed by atoms with Crippen molar-refractivity contribution in [2.24, 2.45) is 5.92 Å². The Labute approximate surface area is 183 Å². The summed E-state index contributed by atoms with van der Waals surface area (Å²) in [5.74, 6) is -0.249. The Bertz CT molecular complexity index is 1250. The van der Waals surface area contributed by atoms with Crippen LogP contribution in [0.25, 0.3) is 10.2 Å². The molecule has 0 atom stereocenters. The van der Waals surface area contributed by atoms with E-state index in [1.54, 1.807) is 18.4 Å². The number of nitrogens with one attached hydrogen (secondary N) is 2. The highest BCUT2D eigenvalue weighted by atomic mass is 32.2. The zero-order valence-electron chi connectivity index (χ0n) is 16.8. The van der Waals surface area contributed by atoms with Crippen LogP contribution in [0.1, 0.15) is 6.92 Å². The largest absolute Gasteiger partial charge is 0.497 e. The number of carbonyl (C=O) groups excluding carboxylic acids is 2. The molecular formula is C20H20N4O5S2. The van der Waals surface area contributed by atoms with E-state index in [1.165, 1.54) is 24.3 Å². The van der Waals surface area contributed by atoms with Crippen LogP contribution in [-0.4, -0.2) is 45.4 Å². The van der Waals surface area contributed by atoms with Gasteiger partial charge in [0.05, 0.1) is 28.1 Å². The average Bonchev–Trinajstić information content (AvgIpc) is 3.08. The lowest BCUT2D eigenvalue weighted by Gasteiger charge is -2.37. The van der Waals surface area contributed by atoms with Crippen molar-refractivity contribution in [2.45, 2.75) is 11.8 Å². The molecule has 0 unspecified atom stereocenters. The number of sulfonamides is 1. The van der Waals surface area contributed by atoms with Crippen LogP contribution in [0, 0.1) is 5.92 Å². The summed E-state index contributed by atoms with van der Waals surface area (Å²) in [6.07, 6.45) is 0. The molecule has 9 nitrogen and oxygen atoms in total. The van der Waals surface area contributed by atoms with Gasteiger partial charge in [-0.05, 0) is 36.4 Å². The van der Waals surface area contributed by atoms with Crippen molar-refractivity contribution in [3.63, 3.8) is 0 Å². The number of benzene rings is 2. The number of fused-ring (bicyclic) bond motifs is 1. The third-order valence-electron chi connectivity index (χ3n) is 4.82. The molecule has 162 valence electrons. The van der Waals surface area contributed by atoms with Crippen molar-refractivity contribution in [3.05, 3.63) is 42.5 Å². The van der Waals surface area contributed by atoms with Crippen molar-refractivity contribution in [3.8, 4) is 5.75 Å². The van der Waals surface area contributed by atoms with E-state index < -0.39 is 15.9 Å². The summed E-state index contributed by atoms with van der Waals surface area (Å²) < 4.78 is 32.1. The van der Waals surface area contributed by atoms with Gasteiger partial charge < -0.3 is 15.0 Å². The fourth-order valence-electron chi connectivity index (χ4n) is 3.17. The highest BCUT2D eigenvalue weighted by molar-refractivity contribution is 7.90. The molecule has 0 saturated carbocycles. The van der Waals surface area contributed by atoms with Crippen LogP contribution >= 0.6 is 11.3 Å². The minimum atomic E-state index is -3.90. The maximum atomic E-state index is 12.5. The Hall–Kier alpha value is -3.18. The van der Waals surface area contributed by atoms with Crippen molar-refractivity contribution in [1.82, 2.24) is 9.71 Å². The second-order valence-corrected chi connectivity index (χ2v) is 9.80. The summed E-state index contributed by atoms with van der Waals surface area (Å²) in [5.41, 5.74) is 1.35. The first kappa shape index (κ1) is 21.1. The van der Waals surface area contributed by atoms with Gasteiger partial charge in [0, 0.05) is 31.8 Å². The molecule has 1 fully saturated rings. The second-order valence-electron chi connectivity index (χ2n) is 7.11. The van der Waals surface area contributed by atoms with Crippen molar-refractivity contribution < 1.29 is 22.7 Å². The average molecular weight is 461 g/mol. The van der Waals surface area contributed by atoms with Crippen LogP contribution in [-0.2, 0) is 19.6 Å². The zero-order valence-corrected chi connectivity index (χ0v) is 18.4. The van der Waals surface area contributed by atoms with Gasteiger partial charge in [0.2, 0.25) is 11.8 Å². The molecule has 1 saturated heterocycles. The molecule has 1 aromatic heterocycles. The number of anilines is 2. The minimum Gasteiger partial charge on any atom is -0.497 e. The Morgan fingerprint density at radius 1 is 1.16 bits per heavy atom. The lowest BCUT2D eigenvalue weighted by Crippen LogP contribution is -2.52. The molecule has 3 aromatic rings. The maximum Gasteiger partial charge on any atom is 0.264 e. The monoisotopic (exact) mass is 460 g/mol. The van der Waals surface area contributed by atoms with Gasteiger partial charge in [-0.3, -0.25) is 9.59 Å². The lowest BCUT2D eigenvalue weighted by atomic mass is 10.00. The number of nitrogens with zero attached hydrogens (tertiary/aromatic N) is 2. The zero-order chi connectivity index (χ0) is 22.2. The maximum absolute atomic E-state index is 12.5. The third kappa shape index (κ3) is 4.47. The molecule has 2 amide bonds. The number of thiazole rings is 1. The second kappa shape index (κ2) is 8.16. The van der Waals surface area contributed by atoms with Crippen LogP contribution in [0.4, 0.5) is 10.8 Å². The number of methoxy groups -OCH3 is 1. The van der Waals surface area contributed by atoms with Crippen LogP contribution in [0.3, 0.4) is 0 Å². The summed E-state index contributed by atoms with van der Waals surface area (Å²) in [6.45, 7) is 2.23. The predicted molar refractivity (Wildman–Crippen MR) is 118 cm³/mol. The summed E-state index contributed by atoms with van der Waals surface area (Å²) in [5, 5.41) is 3.66. The van der Waals surface area contributed by atoms with E-state index in [-0.39, 0.29) is 16.7 Å². The third-order valence-corrected chi connectivity index (χ3v) is 7.36. The molecule has 2 N–H and O–H groups in total. The minimum absolute atomic E-state index is 0.0528. The quantitative estimate of drug-likeness (QED) is 0.579. The summed E-state index contributed by atoms with van der Waals surface area (Å²) in [7, 11) is -2.29. The molecule has 1 aliphatic heterocycles. The lowest BCUT2D eigenvalue weighted by molar-refractivity contribution is -0.120. The smallest absolute Gasteiger partial charge is 0.264 e. The molecule has 2 heterocycles. The highest BCUT2D eigenvalue weighted by Gasteiger charge is 2.34. The molecule has 0 aliphatic carbocycles. The van der Waals surface area contributed by atoms with Gasteiger partial charge in [0.25, 0.3) is 10.0 Å². The van der Waals surface area contributed by atoms with E-state index >= 15 is 0 Å². The number of amides is 2. The van der Waals surface area contributed by atoms with E-state index in [2.05, 4.69) is 10.3 Å².